The summed E-state index contributed by atoms with van der Waals surface area (Å²) in [5, 5.41) is 20.3. The molecule has 2 rings (SSSR count). The van der Waals surface area contributed by atoms with Gasteiger partial charge in [0.1, 0.15) is 0 Å². The summed E-state index contributed by atoms with van der Waals surface area (Å²) in [4.78, 5) is 12.6. The highest BCUT2D eigenvalue weighted by molar-refractivity contribution is 5.48. The first-order chi connectivity index (χ1) is 9.10. The van der Waals surface area contributed by atoms with Gasteiger partial charge in [-0.15, -0.1) is 0 Å². The molecule has 1 saturated heterocycles. The van der Waals surface area contributed by atoms with E-state index in [0.717, 1.165) is 38.0 Å². The van der Waals surface area contributed by atoms with Gasteiger partial charge in [0.15, 0.2) is 5.75 Å². The number of benzene rings is 1. The molecule has 1 fully saturated rings. The van der Waals surface area contributed by atoms with Gasteiger partial charge in [0, 0.05) is 25.7 Å². The van der Waals surface area contributed by atoms with E-state index in [1.54, 1.807) is 12.1 Å². The third-order valence-electron chi connectivity index (χ3n) is 3.40. The van der Waals surface area contributed by atoms with E-state index in [4.69, 9.17) is 4.74 Å². The molecule has 1 aromatic rings. The minimum absolute atomic E-state index is 0.0136. The first kappa shape index (κ1) is 13.8. The molecule has 1 heterocycles. The number of aliphatic hydroxyl groups excluding tert-OH is 1. The Bertz CT molecular complexity index is 456. The van der Waals surface area contributed by atoms with Crippen LogP contribution in [-0.4, -0.2) is 41.2 Å². The van der Waals surface area contributed by atoms with E-state index in [1.165, 1.54) is 13.2 Å². The average molecular weight is 266 g/mol. The van der Waals surface area contributed by atoms with E-state index < -0.39 is 4.92 Å². The predicted molar refractivity (Wildman–Crippen MR) is 70.2 cm³/mol. The van der Waals surface area contributed by atoms with Crippen molar-refractivity contribution in [2.75, 3.05) is 20.2 Å². The summed E-state index contributed by atoms with van der Waals surface area (Å²) in [5.74, 6) is 0.291. The number of nitro groups is 1. The summed E-state index contributed by atoms with van der Waals surface area (Å²) in [6.45, 7) is 2.42. The van der Waals surface area contributed by atoms with E-state index in [0.29, 0.717) is 5.75 Å². The van der Waals surface area contributed by atoms with Crippen molar-refractivity contribution in [3.8, 4) is 5.75 Å². The molecule has 0 atom stereocenters. The van der Waals surface area contributed by atoms with Crippen molar-refractivity contribution < 1.29 is 14.8 Å². The SMILES string of the molecule is COc1cc(CN2CCC(O)CC2)ccc1[N+](=O)[O-]. The molecule has 1 aliphatic heterocycles. The van der Waals surface area contributed by atoms with Gasteiger partial charge in [0.2, 0.25) is 0 Å². The van der Waals surface area contributed by atoms with Crippen LogP contribution in [0.25, 0.3) is 0 Å². The summed E-state index contributed by atoms with van der Waals surface area (Å²) >= 11 is 0. The Kier molecular flexibility index (Phi) is 4.34. The Morgan fingerprint density at radius 1 is 1.47 bits per heavy atom. The maximum absolute atomic E-state index is 10.8. The highest BCUT2D eigenvalue weighted by atomic mass is 16.6. The van der Waals surface area contributed by atoms with Gasteiger partial charge < -0.3 is 9.84 Å². The number of hydrogen-bond acceptors (Lipinski definition) is 5. The van der Waals surface area contributed by atoms with Crippen LogP contribution in [-0.2, 0) is 6.54 Å². The Morgan fingerprint density at radius 2 is 2.16 bits per heavy atom. The first-order valence-electron chi connectivity index (χ1n) is 6.32. The van der Waals surface area contributed by atoms with Crippen molar-refractivity contribution in [2.24, 2.45) is 0 Å². The molecule has 1 aromatic carbocycles. The minimum Gasteiger partial charge on any atom is -0.490 e. The fraction of sp³-hybridized carbons (Fsp3) is 0.538. The van der Waals surface area contributed by atoms with Gasteiger partial charge in [0.05, 0.1) is 18.1 Å². The van der Waals surface area contributed by atoms with Gasteiger partial charge in [0.25, 0.3) is 0 Å². The van der Waals surface area contributed by atoms with E-state index in [1.807, 2.05) is 0 Å². The topological polar surface area (TPSA) is 75.8 Å². The van der Waals surface area contributed by atoms with Gasteiger partial charge in [-0.25, -0.2) is 0 Å². The Morgan fingerprint density at radius 3 is 2.74 bits per heavy atom. The molecule has 1 aliphatic rings. The summed E-state index contributed by atoms with van der Waals surface area (Å²) in [6, 6.07) is 4.95. The molecule has 0 radical (unpaired) electrons. The van der Waals surface area contributed by atoms with Crippen LogP contribution in [0.4, 0.5) is 5.69 Å². The normalized spacial score (nSPS) is 17.4. The van der Waals surface area contributed by atoms with E-state index >= 15 is 0 Å². The van der Waals surface area contributed by atoms with Crippen LogP contribution < -0.4 is 4.74 Å². The Labute approximate surface area is 111 Å². The molecule has 0 aliphatic carbocycles. The molecule has 0 amide bonds. The quantitative estimate of drug-likeness (QED) is 0.661. The molecule has 0 aromatic heterocycles. The van der Waals surface area contributed by atoms with E-state index in [9.17, 15) is 15.2 Å². The predicted octanol–water partition coefficient (Wildman–Crippen LogP) is 1.56. The lowest BCUT2D eigenvalue weighted by Crippen LogP contribution is -2.35. The number of likely N-dealkylation sites (tertiary alicyclic amines) is 1. The number of aliphatic hydroxyl groups is 1. The van der Waals surface area contributed by atoms with Gasteiger partial charge in [-0.1, -0.05) is 6.07 Å². The van der Waals surface area contributed by atoms with Crippen LogP contribution in [0.2, 0.25) is 0 Å². The van der Waals surface area contributed by atoms with Crippen molar-refractivity contribution >= 4 is 5.69 Å². The third-order valence-corrected chi connectivity index (χ3v) is 3.40. The molecular weight excluding hydrogens is 248 g/mol. The molecule has 0 spiro atoms. The van der Waals surface area contributed by atoms with Crippen molar-refractivity contribution in [1.82, 2.24) is 4.90 Å². The Balaban J connectivity index is 2.07. The van der Waals surface area contributed by atoms with Crippen molar-refractivity contribution in [3.05, 3.63) is 33.9 Å². The summed E-state index contributed by atoms with van der Waals surface area (Å²) < 4.78 is 5.05. The van der Waals surface area contributed by atoms with Gasteiger partial charge in [-0.2, -0.15) is 0 Å². The number of nitro benzene ring substituents is 1. The monoisotopic (exact) mass is 266 g/mol. The highest BCUT2D eigenvalue weighted by Gasteiger charge is 2.19. The second kappa shape index (κ2) is 5.99. The number of piperidine rings is 1. The van der Waals surface area contributed by atoms with Crippen LogP contribution >= 0.6 is 0 Å². The van der Waals surface area contributed by atoms with E-state index in [-0.39, 0.29) is 11.8 Å². The molecule has 0 bridgehead atoms. The maximum Gasteiger partial charge on any atom is 0.310 e. The molecule has 19 heavy (non-hydrogen) atoms. The molecule has 6 heteroatoms. The van der Waals surface area contributed by atoms with Crippen LogP contribution in [0.1, 0.15) is 18.4 Å². The number of nitrogens with zero attached hydrogens (tertiary/aromatic N) is 2. The zero-order valence-corrected chi connectivity index (χ0v) is 10.9. The largest absolute Gasteiger partial charge is 0.490 e. The highest BCUT2D eigenvalue weighted by Crippen LogP contribution is 2.28. The fourth-order valence-electron chi connectivity index (χ4n) is 2.31. The zero-order chi connectivity index (χ0) is 13.8. The maximum atomic E-state index is 10.8. The number of methoxy groups -OCH3 is 1. The fourth-order valence-corrected chi connectivity index (χ4v) is 2.31. The Hall–Kier alpha value is -1.66. The van der Waals surface area contributed by atoms with Crippen LogP contribution in [0.5, 0.6) is 5.75 Å². The van der Waals surface area contributed by atoms with Gasteiger partial charge in [-0.3, -0.25) is 15.0 Å². The first-order valence-corrected chi connectivity index (χ1v) is 6.32. The van der Waals surface area contributed by atoms with Crippen LogP contribution in [0.3, 0.4) is 0 Å². The van der Waals surface area contributed by atoms with Crippen molar-refractivity contribution in [1.29, 1.82) is 0 Å². The third kappa shape index (κ3) is 3.42. The van der Waals surface area contributed by atoms with Crippen molar-refractivity contribution in [2.45, 2.75) is 25.5 Å². The number of rotatable bonds is 4. The molecule has 104 valence electrons. The average Bonchev–Trinajstić information content (AvgIpc) is 2.41. The lowest BCUT2D eigenvalue weighted by molar-refractivity contribution is -0.385. The second-order valence-corrected chi connectivity index (χ2v) is 4.77. The van der Waals surface area contributed by atoms with Crippen LogP contribution in [0, 0.1) is 10.1 Å². The molecule has 1 N–H and O–H groups in total. The molecule has 0 unspecified atom stereocenters. The minimum atomic E-state index is -0.445. The zero-order valence-electron chi connectivity index (χ0n) is 10.9. The standard InChI is InChI=1S/C13H18N2O4/c1-19-13-8-10(2-3-12(13)15(17)18)9-14-6-4-11(16)5-7-14/h2-3,8,11,16H,4-7,9H2,1H3. The van der Waals surface area contributed by atoms with E-state index in [2.05, 4.69) is 4.90 Å². The molecular formula is C13H18N2O4. The molecule has 0 saturated carbocycles. The number of ether oxygens (including phenoxy) is 1. The lowest BCUT2D eigenvalue weighted by atomic mass is 10.1. The van der Waals surface area contributed by atoms with Gasteiger partial charge in [-0.05, 0) is 24.5 Å². The summed E-state index contributed by atoms with van der Waals surface area (Å²) in [5.41, 5.74) is 0.971. The number of hydrogen-bond donors (Lipinski definition) is 1. The molecule has 6 nitrogen and oxygen atoms in total. The van der Waals surface area contributed by atoms with Gasteiger partial charge >= 0.3 is 5.69 Å². The lowest BCUT2D eigenvalue weighted by Gasteiger charge is -2.29. The smallest absolute Gasteiger partial charge is 0.310 e. The second-order valence-electron chi connectivity index (χ2n) is 4.77. The van der Waals surface area contributed by atoms with Crippen LogP contribution in [0.15, 0.2) is 18.2 Å². The summed E-state index contributed by atoms with van der Waals surface area (Å²) in [7, 11) is 1.43. The summed E-state index contributed by atoms with van der Waals surface area (Å²) in [6.07, 6.45) is 1.37. The van der Waals surface area contributed by atoms with Crippen molar-refractivity contribution in [3.63, 3.8) is 0 Å².